The SMILES string of the molecule is CCCN(CC)CCNCc1c(Cl)c(C)nn1C. The Labute approximate surface area is 115 Å². The van der Waals surface area contributed by atoms with E-state index in [1.807, 2.05) is 18.7 Å². The first kappa shape index (κ1) is 15.5. The van der Waals surface area contributed by atoms with E-state index >= 15 is 0 Å². The minimum absolute atomic E-state index is 0.778. The Morgan fingerprint density at radius 3 is 2.56 bits per heavy atom. The van der Waals surface area contributed by atoms with Crippen molar-refractivity contribution >= 4 is 11.6 Å². The van der Waals surface area contributed by atoms with Crippen molar-refractivity contribution in [3.05, 3.63) is 16.4 Å². The highest BCUT2D eigenvalue weighted by Crippen LogP contribution is 2.18. The Kier molecular flexibility index (Phi) is 6.68. The molecule has 0 amide bonds. The predicted molar refractivity (Wildman–Crippen MR) is 77.1 cm³/mol. The number of halogens is 1. The third kappa shape index (κ3) is 4.26. The summed E-state index contributed by atoms with van der Waals surface area (Å²) < 4.78 is 1.86. The Bertz CT molecular complexity index is 362. The molecule has 0 bridgehead atoms. The zero-order valence-electron chi connectivity index (χ0n) is 12.0. The minimum Gasteiger partial charge on any atom is -0.310 e. The van der Waals surface area contributed by atoms with Gasteiger partial charge in [0.2, 0.25) is 0 Å². The average molecular weight is 273 g/mol. The highest BCUT2D eigenvalue weighted by Gasteiger charge is 2.10. The van der Waals surface area contributed by atoms with Gasteiger partial charge in [0.15, 0.2) is 0 Å². The fourth-order valence-corrected chi connectivity index (χ4v) is 2.29. The fraction of sp³-hybridized carbons (Fsp3) is 0.769. The van der Waals surface area contributed by atoms with Crippen molar-refractivity contribution in [3.63, 3.8) is 0 Å². The number of rotatable bonds is 8. The molecule has 1 aromatic heterocycles. The summed E-state index contributed by atoms with van der Waals surface area (Å²) in [6.07, 6.45) is 1.21. The number of nitrogens with one attached hydrogen (secondary N) is 1. The van der Waals surface area contributed by atoms with Gasteiger partial charge in [0.1, 0.15) is 0 Å². The molecule has 0 aliphatic carbocycles. The first-order chi connectivity index (χ1) is 8.60. The molecular weight excluding hydrogens is 248 g/mol. The second-order valence-electron chi connectivity index (χ2n) is 4.58. The molecule has 0 atom stereocenters. The zero-order chi connectivity index (χ0) is 13.5. The van der Waals surface area contributed by atoms with Gasteiger partial charge >= 0.3 is 0 Å². The lowest BCUT2D eigenvalue weighted by Crippen LogP contribution is -2.32. The van der Waals surface area contributed by atoms with Crippen LogP contribution < -0.4 is 5.32 Å². The standard InChI is InChI=1S/C13H25ClN4/c1-5-8-18(6-2)9-7-15-10-12-13(14)11(3)16-17(12)4/h15H,5-10H2,1-4H3. The van der Waals surface area contributed by atoms with Crippen LogP contribution in [0.15, 0.2) is 0 Å². The molecular formula is C13H25ClN4. The summed E-state index contributed by atoms with van der Waals surface area (Å²) in [5, 5.41) is 8.52. The van der Waals surface area contributed by atoms with Gasteiger partial charge in [0, 0.05) is 26.7 Å². The summed E-state index contributed by atoms with van der Waals surface area (Å²) >= 11 is 6.20. The van der Waals surface area contributed by atoms with Crippen molar-refractivity contribution in [2.45, 2.75) is 33.7 Å². The van der Waals surface area contributed by atoms with Gasteiger partial charge in [-0.2, -0.15) is 5.10 Å². The molecule has 4 nitrogen and oxygen atoms in total. The van der Waals surface area contributed by atoms with E-state index in [0.29, 0.717) is 0 Å². The van der Waals surface area contributed by atoms with Gasteiger partial charge < -0.3 is 10.2 Å². The van der Waals surface area contributed by atoms with Crippen molar-refractivity contribution in [3.8, 4) is 0 Å². The van der Waals surface area contributed by atoms with Gasteiger partial charge in [-0.25, -0.2) is 0 Å². The maximum Gasteiger partial charge on any atom is 0.0860 e. The van der Waals surface area contributed by atoms with Crippen LogP contribution in [0, 0.1) is 6.92 Å². The van der Waals surface area contributed by atoms with Gasteiger partial charge in [-0.3, -0.25) is 4.68 Å². The van der Waals surface area contributed by atoms with E-state index in [1.54, 1.807) is 0 Å². The molecule has 0 radical (unpaired) electrons. The number of nitrogens with zero attached hydrogens (tertiary/aromatic N) is 3. The Morgan fingerprint density at radius 2 is 2.06 bits per heavy atom. The molecule has 1 aromatic rings. The third-order valence-electron chi connectivity index (χ3n) is 3.15. The molecule has 0 fully saturated rings. The Morgan fingerprint density at radius 1 is 1.33 bits per heavy atom. The second kappa shape index (κ2) is 7.77. The number of hydrogen-bond donors (Lipinski definition) is 1. The van der Waals surface area contributed by atoms with Gasteiger partial charge in [0.25, 0.3) is 0 Å². The number of likely N-dealkylation sites (N-methyl/N-ethyl adjacent to an activating group) is 1. The topological polar surface area (TPSA) is 33.1 Å². The van der Waals surface area contributed by atoms with E-state index in [0.717, 1.165) is 42.6 Å². The smallest absolute Gasteiger partial charge is 0.0860 e. The summed E-state index contributed by atoms with van der Waals surface area (Å²) in [6.45, 7) is 11.5. The summed E-state index contributed by atoms with van der Waals surface area (Å²) in [4.78, 5) is 2.45. The summed E-state index contributed by atoms with van der Waals surface area (Å²) in [5.41, 5.74) is 1.96. The molecule has 1 heterocycles. The maximum absolute atomic E-state index is 6.20. The normalized spacial score (nSPS) is 11.4. The summed E-state index contributed by atoms with van der Waals surface area (Å²) in [6, 6.07) is 0. The summed E-state index contributed by atoms with van der Waals surface area (Å²) in [5.74, 6) is 0. The molecule has 0 aromatic carbocycles. The number of aromatic nitrogens is 2. The molecule has 0 aliphatic rings. The Balaban J connectivity index is 2.33. The third-order valence-corrected chi connectivity index (χ3v) is 3.64. The van der Waals surface area contributed by atoms with E-state index in [4.69, 9.17) is 11.6 Å². The van der Waals surface area contributed by atoms with E-state index < -0.39 is 0 Å². The minimum atomic E-state index is 0.778. The van der Waals surface area contributed by atoms with E-state index in [2.05, 4.69) is 29.2 Å². The lowest BCUT2D eigenvalue weighted by molar-refractivity contribution is 0.287. The van der Waals surface area contributed by atoms with Crippen LogP contribution in [-0.2, 0) is 13.6 Å². The molecule has 1 rings (SSSR count). The van der Waals surface area contributed by atoms with Crippen LogP contribution in [0.2, 0.25) is 5.02 Å². The van der Waals surface area contributed by atoms with Gasteiger partial charge in [0.05, 0.1) is 16.4 Å². The first-order valence-corrected chi connectivity index (χ1v) is 7.08. The second-order valence-corrected chi connectivity index (χ2v) is 4.96. The van der Waals surface area contributed by atoms with E-state index in [1.165, 1.54) is 13.0 Å². The summed E-state index contributed by atoms with van der Waals surface area (Å²) in [7, 11) is 1.94. The molecule has 104 valence electrons. The number of aryl methyl sites for hydroxylation is 2. The number of hydrogen-bond acceptors (Lipinski definition) is 3. The van der Waals surface area contributed by atoms with E-state index in [-0.39, 0.29) is 0 Å². The fourth-order valence-electron chi connectivity index (χ4n) is 2.06. The van der Waals surface area contributed by atoms with Gasteiger partial charge in [-0.1, -0.05) is 25.4 Å². The van der Waals surface area contributed by atoms with Crippen LogP contribution >= 0.6 is 11.6 Å². The first-order valence-electron chi connectivity index (χ1n) is 6.71. The lowest BCUT2D eigenvalue weighted by atomic mass is 10.3. The van der Waals surface area contributed by atoms with Crippen molar-refractivity contribution in [1.29, 1.82) is 0 Å². The van der Waals surface area contributed by atoms with Crippen LogP contribution in [0.3, 0.4) is 0 Å². The maximum atomic E-state index is 6.20. The van der Waals surface area contributed by atoms with Crippen LogP contribution in [0.1, 0.15) is 31.7 Å². The van der Waals surface area contributed by atoms with Crippen LogP contribution in [-0.4, -0.2) is 40.9 Å². The van der Waals surface area contributed by atoms with Crippen molar-refractivity contribution < 1.29 is 0 Å². The quantitative estimate of drug-likeness (QED) is 0.737. The van der Waals surface area contributed by atoms with Crippen molar-refractivity contribution in [2.75, 3.05) is 26.2 Å². The van der Waals surface area contributed by atoms with E-state index in [9.17, 15) is 0 Å². The molecule has 0 aliphatic heterocycles. The molecule has 0 saturated carbocycles. The van der Waals surface area contributed by atoms with Gasteiger partial charge in [-0.15, -0.1) is 0 Å². The van der Waals surface area contributed by atoms with Crippen LogP contribution in [0.25, 0.3) is 0 Å². The average Bonchev–Trinajstić information content (AvgIpc) is 2.58. The van der Waals surface area contributed by atoms with Crippen LogP contribution in [0.5, 0.6) is 0 Å². The predicted octanol–water partition coefficient (Wildman–Crippen LogP) is 2.20. The largest absolute Gasteiger partial charge is 0.310 e. The highest BCUT2D eigenvalue weighted by atomic mass is 35.5. The Hall–Kier alpha value is -0.580. The van der Waals surface area contributed by atoms with Gasteiger partial charge in [-0.05, 0) is 26.4 Å². The molecule has 1 N–H and O–H groups in total. The molecule has 0 saturated heterocycles. The van der Waals surface area contributed by atoms with Crippen molar-refractivity contribution in [2.24, 2.45) is 7.05 Å². The lowest BCUT2D eigenvalue weighted by Gasteiger charge is -2.19. The molecule has 18 heavy (non-hydrogen) atoms. The highest BCUT2D eigenvalue weighted by molar-refractivity contribution is 6.31. The monoisotopic (exact) mass is 272 g/mol. The molecule has 5 heteroatoms. The molecule has 0 spiro atoms. The van der Waals surface area contributed by atoms with Crippen molar-refractivity contribution in [1.82, 2.24) is 20.0 Å². The molecule has 0 unspecified atom stereocenters. The van der Waals surface area contributed by atoms with Crippen LogP contribution in [0.4, 0.5) is 0 Å². The zero-order valence-corrected chi connectivity index (χ0v) is 12.7.